The molecule has 0 spiro atoms. The quantitative estimate of drug-likeness (QED) is 0.355. The molecule has 126 valence electrons. The standard InChI is InChI=1S/C16H16F5NO/c1-22-8-3-2-4-9(22)6-7(5-8)16(23)10-11(17)13(19)15(21)14(20)12(10)18/h7-9H,2-6H2,1H3. The molecule has 0 N–H and O–H groups in total. The summed E-state index contributed by atoms with van der Waals surface area (Å²) >= 11 is 0. The highest BCUT2D eigenvalue weighted by Crippen LogP contribution is 2.38. The van der Waals surface area contributed by atoms with Gasteiger partial charge in [-0.15, -0.1) is 0 Å². The van der Waals surface area contributed by atoms with Crippen molar-refractivity contribution in [2.24, 2.45) is 5.92 Å². The lowest BCUT2D eigenvalue weighted by Crippen LogP contribution is -2.51. The molecule has 2 bridgehead atoms. The van der Waals surface area contributed by atoms with Crippen molar-refractivity contribution in [3.63, 3.8) is 0 Å². The van der Waals surface area contributed by atoms with E-state index in [2.05, 4.69) is 4.90 Å². The fourth-order valence-corrected chi connectivity index (χ4v) is 3.86. The summed E-state index contributed by atoms with van der Waals surface area (Å²) in [6.45, 7) is 0. The molecule has 2 fully saturated rings. The molecule has 2 unspecified atom stereocenters. The van der Waals surface area contributed by atoms with Gasteiger partial charge in [-0.25, -0.2) is 22.0 Å². The SMILES string of the molecule is CN1C2CCCC1CC(C(=O)c1c(F)c(F)c(F)c(F)c1F)C2. The molecule has 1 aromatic rings. The third-order valence-corrected chi connectivity index (χ3v) is 5.17. The Balaban J connectivity index is 1.96. The predicted molar refractivity (Wildman–Crippen MR) is 72.5 cm³/mol. The summed E-state index contributed by atoms with van der Waals surface area (Å²) in [5.74, 6) is -12.1. The summed E-state index contributed by atoms with van der Waals surface area (Å²) in [6.07, 6.45) is 3.52. The van der Waals surface area contributed by atoms with Crippen LogP contribution in [0.3, 0.4) is 0 Å². The smallest absolute Gasteiger partial charge is 0.200 e. The molecule has 2 aliphatic rings. The van der Waals surface area contributed by atoms with Crippen molar-refractivity contribution in [1.29, 1.82) is 0 Å². The van der Waals surface area contributed by atoms with Gasteiger partial charge < -0.3 is 4.90 Å². The fraction of sp³-hybridized carbons (Fsp3) is 0.562. The number of hydrogen-bond donors (Lipinski definition) is 0. The molecule has 1 aromatic carbocycles. The molecule has 0 aliphatic carbocycles. The fourth-order valence-electron chi connectivity index (χ4n) is 3.86. The number of piperidine rings is 2. The number of nitrogens with zero attached hydrogens (tertiary/aromatic N) is 1. The predicted octanol–water partition coefficient (Wildman–Crippen LogP) is 3.83. The molecule has 0 radical (unpaired) electrons. The van der Waals surface area contributed by atoms with E-state index in [0.29, 0.717) is 12.8 Å². The van der Waals surface area contributed by atoms with Crippen molar-refractivity contribution in [3.8, 4) is 0 Å². The van der Waals surface area contributed by atoms with Crippen molar-refractivity contribution in [2.75, 3.05) is 7.05 Å². The minimum atomic E-state index is -2.24. The van der Waals surface area contributed by atoms with E-state index >= 15 is 0 Å². The Kier molecular flexibility index (Phi) is 4.16. The highest BCUT2D eigenvalue weighted by atomic mass is 19.2. The Hall–Kier alpha value is -1.50. The summed E-state index contributed by atoms with van der Waals surface area (Å²) in [5, 5.41) is 0. The molecule has 3 rings (SSSR count). The van der Waals surface area contributed by atoms with E-state index in [1.165, 1.54) is 0 Å². The van der Waals surface area contributed by atoms with Gasteiger partial charge in [0.2, 0.25) is 5.82 Å². The first kappa shape index (κ1) is 16.4. The molecule has 2 heterocycles. The van der Waals surface area contributed by atoms with E-state index < -0.39 is 46.4 Å². The van der Waals surface area contributed by atoms with E-state index in [4.69, 9.17) is 0 Å². The van der Waals surface area contributed by atoms with Gasteiger partial charge in [-0.2, -0.15) is 0 Å². The van der Waals surface area contributed by atoms with Gasteiger partial charge in [0.15, 0.2) is 29.1 Å². The number of rotatable bonds is 2. The third kappa shape index (κ3) is 2.55. The maximum Gasteiger partial charge on any atom is 0.200 e. The van der Waals surface area contributed by atoms with Gasteiger partial charge in [0.25, 0.3) is 0 Å². The molecule has 0 amide bonds. The summed E-state index contributed by atoms with van der Waals surface area (Å²) < 4.78 is 67.3. The number of carbonyl (C=O) groups excluding carboxylic acids is 1. The first-order valence-corrected chi connectivity index (χ1v) is 7.60. The topological polar surface area (TPSA) is 20.3 Å². The van der Waals surface area contributed by atoms with Crippen LogP contribution >= 0.6 is 0 Å². The average molecular weight is 333 g/mol. The monoisotopic (exact) mass is 333 g/mol. The van der Waals surface area contributed by atoms with Gasteiger partial charge in [-0.3, -0.25) is 4.79 Å². The molecule has 2 aliphatic heterocycles. The van der Waals surface area contributed by atoms with Crippen LogP contribution in [0.2, 0.25) is 0 Å². The first-order chi connectivity index (χ1) is 10.8. The Morgan fingerprint density at radius 3 is 1.78 bits per heavy atom. The zero-order valence-corrected chi connectivity index (χ0v) is 12.5. The molecule has 0 saturated carbocycles. The van der Waals surface area contributed by atoms with Crippen molar-refractivity contribution in [2.45, 2.75) is 44.2 Å². The van der Waals surface area contributed by atoms with E-state index in [-0.39, 0.29) is 12.1 Å². The molecule has 23 heavy (non-hydrogen) atoms. The van der Waals surface area contributed by atoms with Gasteiger partial charge in [0.05, 0.1) is 5.56 Å². The summed E-state index contributed by atoms with van der Waals surface area (Å²) in [7, 11) is 1.94. The Morgan fingerprint density at radius 2 is 1.30 bits per heavy atom. The third-order valence-electron chi connectivity index (χ3n) is 5.17. The summed E-state index contributed by atoms with van der Waals surface area (Å²) in [4.78, 5) is 14.6. The van der Waals surface area contributed by atoms with E-state index in [0.717, 1.165) is 19.3 Å². The van der Waals surface area contributed by atoms with Gasteiger partial charge in [0, 0.05) is 18.0 Å². The molecule has 2 saturated heterocycles. The number of benzene rings is 1. The van der Waals surface area contributed by atoms with Crippen LogP contribution in [0.4, 0.5) is 22.0 Å². The Labute approximate surface area is 130 Å². The molecular formula is C16H16F5NO. The van der Waals surface area contributed by atoms with Crippen LogP contribution in [0.5, 0.6) is 0 Å². The van der Waals surface area contributed by atoms with Crippen molar-refractivity contribution >= 4 is 5.78 Å². The number of carbonyl (C=O) groups is 1. The minimum Gasteiger partial charge on any atom is -0.300 e. The van der Waals surface area contributed by atoms with Gasteiger partial charge in [-0.05, 0) is 32.7 Å². The minimum absolute atomic E-state index is 0.109. The second-order valence-electron chi connectivity index (χ2n) is 6.38. The molecule has 2 nitrogen and oxygen atoms in total. The van der Waals surface area contributed by atoms with Gasteiger partial charge >= 0.3 is 0 Å². The summed E-state index contributed by atoms with van der Waals surface area (Å²) in [6, 6.07) is 0.218. The van der Waals surface area contributed by atoms with E-state index in [1.807, 2.05) is 7.05 Å². The number of fused-ring (bicyclic) bond motifs is 2. The van der Waals surface area contributed by atoms with Crippen LogP contribution in [-0.2, 0) is 0 Å². The van der Waals surface area contributed by atoms with Crippen LogP contribution < -0.4 is 0 Å². The molecular weight excluding hydrogens is 317 g/mol. The average Bonchev–Trinajstić information content (AvgIpc) is 2.51. The van der Waals surface area contributed by atoms with E-state index in [1.54, 1.807) is 0 Å². The Morgan fingerprint density at radius 1 is 0.870 bits per heavy atom. The van der Waals surface area contributed by atoms with Crippen molar-refractivity contribution < 1.29 is 26.7 Å². The van der Waals surface area contributed by atoms with Gasteiger partial charge in [0.1, 0.15) is 0 Å². The lowest BCUT2D eigenvalue weighted by atomic mass is 9.76. The van der Waals surface area contributed by atoms with Crippen LogP contribution in [0.15, 0.2) is 0 Å². The lowest BCUT2D eigenvalue weighted by molar-refractivity contribution is 0.0333. The zero-order valence-electron chi connectivity index (χ0n) is 12.5. The van der Waals surface area contributed by atoms with Crippen LogP contribution in [0.1, 0.15) is 42.5 Å². The maximum absolute atomic E-state index is 13.8. The number of ketones is 1. The normalized spacial score (nSPS) is 28.0. The maximum atomic E-state index is 13.8. The second kappa shape index (κ2) is 5.85. The number of Topliss-reactive ketones (excluding diaryl/α,β-unsaturated/α-hetero) is 1. The second-order valence-corrected chi connectivity index (χ2v) is 6.38. The van der Waals surface area contributed by atoms with Crippen LogP contribution in [0.25, 0.3) is 0 Å². The van der Waals surface area contributed by atoms with E-state index in [9.17, 15) is 26.7 Å². The Bertz CT molecular complexity index is 619. The van der Waals surface area contributed by atoms with Gasteiger partial charge in [-0.1, -0.05) is 6.42 Å². The van der Waals surface area contributed by atoms with Crippen molar-refractivity contribution in [1.82, 2.24) is 4.90 Å². The largest absolute Gasteiger partial charge is 0.300 e. The van der Waals surface area contributed by atoms with Crippen molar-refractivity contribution in [3.05, 3.63) is 34.6 Å². The highest BCUT2D eigenvalue weighted by Gasteiger charge is 2.41. The molecule has 0 aromatic heterocycles. The van der Waals surface area contributed by atoms with Crippen LogP contribution in [0, 0.1) is 35.0 Å². The molecule has 2 atom stereocenters. The van der Waals surface area contributed by atoms with Crippen LogP contribution in [-0.4, -0.2) is 29.8 Å². The first-order valence-electron chi connectivity index (χ1n) is 7.60. The zero-order chi connectivity index (χ0) is 16.9. The highest BCUT2D eigenvalue weighted by molar-refractivity contribution is 5.98. The number of hydrogen-bond acceptors (Lipinski definition) is 2. The summed E-state index contributed by atoms with van der Waals surface area (Å²) in [5.41, 5.74) is -1.30. The number of halogens is 5. The lowest BCUT2D eigenvalue weighted by Gasteiger charge is -2.46. The molecule has 7 heteroatoms.